The highest BCUT2D eigenvalue weighted by atomic mass is 32.1. The van der Waals surface area contributed by atoms with Crippen molar-refractivity contribution in [2.75, 3.05) is 18.6 Å². The second-order valence-electron chi connectivity index (χ2n) is 8.37. The van der Waals surface area contributed by atoms with E-state index in [1.54, 1.807) is 24.6 Å². The van der Waals surface area contributed by atoms with Gasteiger partial charge in [-0.2, -0.15) is 0 Å². The summed E-state index contributed by atoms with van der Waals surface area (Å²) in [6.45, 7) is 7.65. The first-order chi connectivity index (χ1) is 15.7. The third-order valence-electron chi connectivity index (χ3n) is 4.83. The molecule has 8 heteroatoms. The van der Waals surface area contributed by atoms with Gasteiger partial charge in [-0.25, -0.2) is 9.78 Å². The molecule has 0 atom stereocenters. The molecule has 1 amide bonds. The molecule has 7 nitrogen and oxygen atoms in total. The van der Waals surface area contributed by atoms with Crippen LogP contribution in [0.3, 0.4) is 0 Å². The number of carbonyl (C=O) groups excluding carboxylic acids is 2. The standard InChI is InChI=1S/C25H28N2O5S/c1-17(28)27(21-8-6-7-9-22(21)30-5)24-26-19(16-33-24)14-32-23(29)15-31-20-12-10-18(11-13-20)25(2,3)4/h6-13,16H,14-15H2,1-5H3. The maximum Gasteiger partial charge on any atom is 0.344 e. The van der Waals surface area contributed by atoms with E-state index in [1.807, 2.05) is 36.4 Å². The molecule has 0 saturated heterocycles. The number of amides is 1. The molecule has 3 aromatic rings. The zero-order valence-electron chi connectivity index (χ0n) is 19.5. The molecule has 0 spiro atoms. The molecule has 0 saturated carbocycles. The second-order valence-corrected chi connectivity index (χ2v) is 9.21. The van der Waals surface area contributed by atoms with Gasteiger partial charge < -0.3 is 14.2 Å². The lowest BCUT2D eigenvalue weighted by molar-refractivity contribution is -0.147. The Morgan fingerprint density at radius 2 is 1.76 bits per heavy atom. The maximum atomic E-state index is 12.3. The van der Waals surface area contributed by atoms with Crippen molar-refractivity contribution < 1.29 is 23.8 Å². The lowest BCUT2D eigenvalue weighted by atomic mass is 9.87. The lowest BCUT2D eigenvalue weighted by Gasteiger charge is -2.20. The van der Waals surface area contributed by atoms with Crippen molar-refractivity contribution in [3.05, 3.63) is 65.2 Å². The van der Waals surface area contributed by atoms with Gasteiger partial charge >= 0.3 is 5.97 Å². The van der Waals surface area contributed by atoms with Crippen LogP contribution in [0.4, 0.5) is 10.8 Å². The number of ether oxygens (including phenoxy) is 3. The summed E-state index contributed by atoms with van der Waals surface area (Å²) in [7, 11) is 1.55. The fourth-order valence-corrected chi connectivity index (χ4v) is 3.94. The van der Waals surface area contributed by atoms with Crippen LogP contribution in [-0.4, -0.2) is 30.6 Å². The van der Waals surface area contributed by atoms with Crippen molar-refractivity contribution in [1.82, 2.24) is 4.98 Å². The number of anilines is 2. The number of rotatable bonds is 8. The molecule has 0 unspecified atom stereocenters. The van der Waals surface area contributed by atoms with E-state index < -0.39 is 5.97 Å². The van der Waals surface area contributed by atoms with E-state index >= 15 is 0 Å². The number of hydrogen-bond donors (Lipinski definition) is 0. The van der Waals surface area contributed by atoms with Crippen LogP contribution in [0, 0.1) is 0 Å². The summed E-state index contributed by atoms with van der Waals surface area (Å²) in [6, 6.07) is 14.9. The Labute approximate surface area is 197 Å². The Morgan fingerprint density at radius 3 is 2.39 bits per heavy atom. The largest absolute Gasteiger partial charge is 0.495 e. The molecule has 0 aliphatic rings. The van der Waals surface area contributed by atoms with Crippen molar-refractivity contribution in [2.45, 2.75) is 39.7 Å². The first-order valence-corrected chi connectivity index (χ1v) is 11.3. The van der Waals surface area contributed by atoms with Crippen LogP contribution in [0.25, 0.3) is 0 Å². The third-order valence-corrected chi connectivity index (χ3v) is 5.70. The van der Waals surface area contributed by atoms with Crippen molar-refractivity contribution in [1.29, 1.82) is 0 Å². The molecule has 0 fully saturated rings. The number of para-hydroxylation sites is 2. The molecule has 0 aliphatic carbocycles. The highest BCUT2D eigenvalue weighted by molar-refractivity contribution is 7.14. The summed E-state index contributed by atoms with van der Waals surface area (Å²) in [5.41, 5.74) is 2.37. The van der Waals surface area contributed by atoms with Crippen molar-refractivity contribution in [3.63, 3.8) is 0 Å². The topological polar surface area (TPSA) is 78.0 Å². The van der Waals surface area contributed by atoms with E-state index in [9.17, 15) is 9.59 Å². The SMILES string of the molecule is COc1ccccc1N(C(C)=O)c1nc(COC(=O)COc2ccc(C(C)(C)C)cc2)cs1. The lowest BCUT2D eigenvalue weighted by Crippen LogP contribution is -2.23. The first kappa shape index (κ1) is 24.3. The van der Waals surface area contributed by atoms with Crippen LogP contribution in [0.5, 0.6) is 11.5 Å². The molecule has 2 aromatic carbocycles. The summed E-state index contributed by atoms with van der Waals surface area (Å²) in [6.07, 6.45) is 0. The molecular formula is C25H28N2O5S. The number of carbonyl (C=O) groups is 2. The highest BCUT2D eigenvalue weighted by Crippen LogP contribution is 2.35. The monoisotopic (exact) mass is 468 g/mol. The van der Waals surface area contributed by atoms with Gasteiger partial charge in [0.2, 0.25) is 5.91 Å². The van der Waals surface area contributed by atoms with Crippen molar-refractivity contribution in [3.8, 4) is 11.5 Å². The normalized spacial score (nSPS) is 11.1. The summed E-state index contributed by atoms with van der Waals surface area (Å²) in [5.74, 6) is 0.453. The molecule has 1 heterocycles. The molecule has 3 rings (SSSR count). The summed E-state index contributed by atoms with van der Waals surface area (Å²) in [4.78, 5) is 30.4. The van der Waals surface area contributed by atoms with Gasteiger partial charge in [0.05, 0.1) is 18.5 Å². The smallest absolute Gasteiger partial charge is 0.344 e. The summed E-state index contributed by atoms with van der Waals surface area (Å²) < 4.78 is 16.2. The average Bonchev–Trinajstić information content (AvgIpc) is 3.24. The van der Waals surface area contributed by atoms with Crippen LogP contribution in [-0.2, 0) is 26.3 Å². The van der Waals surface area contributed by atoms with E-state index in [0.29, 0.717) is 28.0 Å². The van der Waals surface area contributed by atoms with Crippen LogP contribution in [0.15, 0.2) is 53.9 Å². The van der Waals surface area contributed by atoms with E-state index in [0.717, 1.165) is 0 Å². The van der Waals surface area contributed by atoms with Gasteiger partial charge in [-0.05, 0) is 35.2 Å². The van der Waals surface area contributed by atoms with Crippen molar-refractivity contribution >= 4 is 34.0 Å². The Morgan fingerprint density at radius 1 is 1.06 bits per heavy atom. The highest BCUT2D eigenvalue weighted by Gasteiger charge is 2.21. The molecule has 0 radical (unpaired) electrons. The average molecular weight is 469 g/mol. The minimum absolute atomic E-state index is 0.0146. The number of aromatic nitrogens is 1. The number of hydrogen-bond acceptors (Lipinski definition) is 7. The first-order valence-electron chi connectivity index (χ1n) is 10.5. The van der Waals surface area contributed by atoms with Gasteiger partial charge in [-0.3, -0.25) is 9.69 Å². The van der Waals surface area contributed by atoms with Gasteiger partial charge in [-0.15, -0.1) is 11.3 Å². The molecule has 0 bridgehead atoms. The van der Waals surface area contributed by atoms with E-state index in [4.69, 9.17) is 14.2 Å². The van der Waals surface area contributed by atoms with E-state index in [1.165, 1.54) is 28.7 Å². The molecule has 0 aliphatic heterocycles. The van der Waals surface area contributed by atoms with E-state index in [-0.39, 0.29) is 24.5 Å². The number of benzene rings is 2. The van der Waals surface area contributed by atoms with Crippen LogP contribution in [0.2, 0.25) is 0 Å². The van der Waals surface area contributed by atoms with Gasteiger partial charge in [0.15, 0.2) is 11.7 Å². The minimum atomic E-state index is -0.502. The molecule has 1 aromatic heterocycles. The molecular weight excluding hydrogens is 440 g/mol. The van der Waals surface area contributed by atoms with Gasteiger partial charge in [-0.1, -0.05) is 45.0 Å². The minimum Gasteiger partial charge on any atom is -0.495 e. The second kappa shape index (κ2) is 10.5. The van der Waals surface area contributed by atoms with E-state index in [2.05, 4.69) is 25.8 Å². The fraction of sp³-hybridized carbons (Fsp3) is 0.320. The van der Waals surface area contributed by atoms with Crippen LogP contribution >= 0.6 is 11.3 Å². The Bertz CT molecular complexity index is 1100. The Kier molecular flexibility index (Phi) is 7.71. The molecule has 174 valence electrons. The van der Waals surface area contributed by atoms with Gasteiger partial charge in [0, 0.05) is 12.3 Å². The Hall–Kier alpha value is -3.39. The number of thiazole rings is 1. The molecule has 0 N–H and O–H groups in total. The third kappa shape index (κ3) is 6.32. The predicted molar refractivity (Wildman–Crippen MR) is 128 cm³/mol. The van der Waals surface area contributed by atoms with Gasteiger partial charge in [0.1, 0.15) is 18.1 Å². The van der Waals surface area contributed by atoms with Crippen LogP contribution < -0.4 is 14.4 Å². The van der Waals surface area contributed by atoms with Gasteiger partial charge in [0.25, 0.3) is 0 Å². The van der Waals surface area contributed by atoms with Crippen molar-refractivity contribution in [2.24, 2.45) is 0 Å². The summed E-state index contributed by atoms with van der Waals surface area (Å²) >= 11 is 1.28. The predicted octanol–water partition coefficient (Wildman–Crippen LogP) is 5.26. The zero-order chi connectivity index (χ0) is 24.0. The molecule has 33 heavy (non-hydrogen) atoms. The summed E-state index contributed by atoms with van der Waals surface area (Å²) in [5, 5.41) is 2.22. The van der Waals surface area contributed by atoms with Crippen LogP contribution in [0.1, 0.15) is 39.0 Å². The fourth-order valence-electron chi connectivity index (χ4n) is 3.08. The number of nitrogens with zero attached hydrogens (tertiary/aromatic N) is 2. The Balaban J connectivity index is 1.58. The number of methoxy groups -OCH3 is 1. The number of esters is 1. The maximum absolute atomic E-state index is 12.3. The quantitative estimate of drug-likeness (QED) is 0.420. The zero-order valence-corrected chi connectivity index (χ0v) is 20.3.